The van der Waals surface area contributed by atoms with Gasteiger partial charge < -0.3 is 15.0 Å². The number of carboxylic acids is 1. The third-order valence-corrected chi connectivity index (χ3v) is 4.22. The first-order chi connectivity index (χ1) is 9.95. The molecule has 1 aromatic rings. The predicted octanol–water partition coefficient (Wildman–Crippen LogP) is 0.880. The van der Waals surface area contributed by atoms with E-state index in [4.69, 9.17) is 0 Å². The fraction of sp³-hybridized carbons (Fsp3) is 0.538. The zero-order valence-electron chi connectivity index (χ0n) is 11.9. The van der Waals surface area contributed by atoms with E-state index in [9.17, 15) is 19.5 Å². The Bertz CT molecular complexity index is 628. The Labute approximate surface area is 125 Å². The number of carbonyl (C=O) groups is 2. The maximum Gasteiger partial charge on any atom is 0.346 e. The van der Waals surface area contributed by atoms with Crippen LogP contribution in [-0.4, -0.2) is 50.7 Å². The van der Waals surface area contributed by atoms with Crippen LogP contribution in [0.5, 0.6) is 0 Å². The average molecular weight is 311 g/mol. The standard InChI is InChI=1S/C13H17N3O4S/c1-7-9(10(21-2)15-13(20)14-7)11(17)16-6-4-3-5-8(16)12(18)19/h8H,3-6H2,1-2H3,(H,18,19)(H,14,15,20)/t8-/m1/s1. The summed E-state index contributed by atoms with van der Waals surface area (Å²) in [6.45, 7) is 2.03. The van der Waals surface area contributed by atoms with Crippen LogP contribution in [0.4, 0.5) is 0 Å². The zero-order valence-corrected chi connectivity index (χ0v) is 12.7. The van der Waals surface area contributed by atoms with Crippen molar-refractivity contribution in [3.8, 4) is 0 Å². The summed E-state index contributed by atoms with van der Waals surface area (Å²) >= 11 is 1.20. The summed E-state index contributed by atoms with van der Waals surface area (Å²) in [5.74, 6) is -1.38. The molecular weight excluding hydrogens is 294 g/mol. The van der Waals surface area contributed by atoms with Gasteiger partial charge in [0.15, 0.2) is 0 Å². The van der Waals surface area contributed by atoms with Gasteiger partial charge in [-0.2, -0.15) is 4.98 Å². The minimum absolute atomic E-state index is 0.287. The van der Waals surface area contributed by atoms with Crippen LogP contribution >= 0.6 is 11.8 Å². The van der Waals surface area contributed by atoms with Gasteiger partial charge in [-0.3, -0.25) is 4.79 Å². The highest BCUT2D eigenvalue weighted by atomic mass is 32.2. The largest absolute Gasteiger partial charge is 0.480 e. The third-order valence-electron chi connectivity index (χ3n) is 3.54. The number of carboxylic acid groups (broad SMARTS) is 1. The number of likely N-dealkylation sites (tertiary alicyclic amines) is 1. The molecule has 1 aliphatic rings. The highest BCUT2D eigenvalue weighted by molar-refractivity contribution is 7.98. The second kappa shape index (κ2) is 6.30. The van der Waals surface area contributed by atoms with Crippen molar-refractivity contribution in [2.24, 2.45) is 0 Å². The lowest BCUT2D eigenvalue weighted by molar-refractivity contribution is -0.143. The maximum atomic E-state index is 12.7. The zero-order chi connectivity index (χ0) is 15.6. The van der Waals surface area contributed by atoms with E-state index in [0.717, 1.165) is 12.8 Å². The number of hydrogen-bond donors (Lipinski definition) is 2. The Balaban J connectivity index is 2.43. The van der Waals surface area contributed by atoms with Crippen molar-refractivity contribution in [3.05, 3.63) is 21.7 Å². The number of H-pyrrole nitrogens is 1. The molecular formula is C13H17N3O4S. The lowest BCUT2D eigenvalue weighted by atomic mass is 10.0. The maximum absolute atomic E-state index is 12.7. The van der Waals surface area contributed by atoms with Gasteiger partial charge in [-0.25, -0.2) is 9.59 Å². The molecule has 0 aliphatic carbocycles. The van der Waals surface area contributed by atoms with Gasteiger partial charge >= 0.3 is 11.7 Å². The van der Waals surface area contributed by atoms with Gasteiger partial charge in [0.2, 0.25) is 0 Å². The molecule has 1 amide bonds. The lowest BCUT2D eigenvalue weighted by Crippen LogP contribution is -2.48. The average Bonchev–Trinajstić information content (AvgIpc) is 2.45. The number of aryl methyl sites for hydroxylation is 1. The van der Waals surface area contributed by atoms with Crippen molar-refractivity contribution in [3.63, 3.8) is 0 Å². The van der Waals surface area contributed by atoms with Gasteiger partial charge in [-0.05, 0) is 32.4 Å². The van der Waals surface area contributed by atoms with Gasteiger partial charge in [-0.1, -0.05) is 0 Å². The molecule has 2 N–H and O–H groups in total. The number of aromatic amines is 1. The molecule has 2 heterocycles. The number of nitrogens with zero attached hydrogens (tertiary/aromatic N) is 2. The molecule has 1 atom stereocenters. The van der Waals surface area contributed by atoms with Crippen LogP contribution in [0.15, 0.2) is 9.82 Å². The molecule has 0 spiro atoms. The van der Waals surface area contributed by atoms with Gasteiger partial charge in [-0.15, -0.1) is 11.8 Å². The van der Waals surface area contributed by atoms with Crippen LogP contribution in [0.3, 0.4) is 0 Å². The predicted molar refractivity (Wildman–Crippen MR) is 77.7 cm³/mol. The van der Waals surface area contributed by atoms with Crippen molar-refractivity contribution in [2.45, 2.75) is 37.3 Å². The summed E-state index contributed by atoms with van der Waals surface area (Å²) in [5, 5.41) is 9.60. The van der Waals surface area contributed by atoms with E-state index in [1.54, 1.807) is 13.2 Å². The molecule has 114 valence electrons. The number of rotatable bonds is 3. The Kier molecular flexibility index (Phi) is 4.66. The normalized spacial score (nSPS) is 18.6. The minimum Gasteiger partial charge on any atom is -0.480 e. The molecule has 7 nitrogen and oxygen atoms in total. The first-order valence-electron chi connectivity index (χ1n) is 6.64. The fourth-order valence-corrected chi connectivity index (χ4v) is 3.15. The Hall–Kier alpha value is -1.83. The number of aromatic nitrogens is 2. The van der Waals surface area contributed by atoms with Crippen molar-refractivity contribution in [2.75, 3.05) is 12.8 Å². The summed E-state index contributed by atoms with van der Waals surface area (Å²) < 4.78 is 0. The van der Waals surface area contributed by atoms with Crippen LogP contribution in [0, 0.1) is 6.92 Å². The number of aliphatic carboxylic acids is 1. The van der Waals surface area contributed by atoms with E-state index in [0.29, 0.717) is 23.7 Å². The van der Waals surface area contributed by atoms with Gasteiger partial charge in [0.1, 0.15) is 11.1 Å². The number of hydrogen-bond acceptors (Lipinski definition) is 5. The molecule has 0 saturated carbocycles. The minimum atomic E-state index is -0.996. The molecule has 0 radical (unpaired) electrons. The van der Waals surface area contributed by atoms with Crippen molar-refractivity contribution in [1.29, 1.82) is 0 Å². The van der Waals surface area contributed by atoms with Crippen LogP contribution in [0.1, 0.15) is 35.3 Å². The van der Waals surface area contributed by atoms with Crippen LogP contribution in [0.2, 0.25) is 0 Å². The van der Waals surface area contributed by atoms with Gasteiger partial charge in [0.25, 0.3) is 5.91 Å². The monoisotopic (exact) mass is 311 g/mol. The van der Waals surface area contributed by atoms with Gasteiger partial charge in [0, 0.05) is 12.2 Å². The third kappa shape index (κ3) is 3.10. The fourth-order valence-electron chi connectivity index (χ4n) is 2.53. The molecule has 0 unspecified atom stereocenters. The summed E-state index contributed by atoms with van der Waals surface area (Å²) in [6.07, 6.45) is 3.74. The number of nitrogens with one attached hydrogen (secondary N) is 1. The van der Waals surface area contributed by atoms with Crippen molar-refractivity contribution < 1.29 is 14.7 Å². The summed E-state index contributed by atoms with van der Waals surface area (Å²) in [6, 6.07) is -0.813. The second-order valence-electron chi connectivity index (χ2n) is 4.90. The molecule has 0 aromatic carbocycles. The van der Waals surface area contributed by atoms with Gasteiger partial charge in [0.05, 0.1) is 5.56 Å². The van der Waals surface area contributed by atoms with Crippen molar-refractivity contribution >= 4 is 23.6 Å². The number of piperidine rings is 1. The van der Waals surface area contributed by atoms with E-state index < -0.39 is 17.7 Å². The molecule has 2 rings (SSSR count). The number of amides is 1. The summed E-state index contributed by atoms with van der Waals surface area (Å²) in [7, 11) is 0. The molecule has 1 aliphatic heterocycles. The van der Waals surface area contributed by atoms with Crippen molar-refractivity contribution in [1.82, 2.24) is 14.9 Å². The van der Waals surface area contributed by atoms with Crippen LogP contribution in [-0.2, 0) is 4.79 Å². The van der Waals surface area contributed by atoms with E-state index >= 15 is 0 Å². The second-order valence-corrected chi connectivity index (χ2v) is 5.69. The SMILES string of the molecule is CSc1nc(=O)[nH]c(C)c1C(=O)N1CCCC[C@@H]1C(=O)O. The quantitative estimate of drug-likeness (QED) is 0.634. The van der Waals surface area contributed by atoms with E-state index in [-0.39, 0.29) is 11.5 Å². The molecule has 8 heteroatoms. The topological polar surface area (TPSA) is 103 Å². The molecule has 1 saturated heterocycles. The van der Waals surface area contributed by atoms with E-state index in [1.165, 1.54) is 16.7 Å². The number of carbonyl (C=O) groups excluding carboxylic acids is 1. The van der Waals surface area contributed by atoms with Crippen LogP contribution in [0.25, 0.3) is 0 Å². The number of thioether (sulfide) groups is 1. The summed E-state index contributed by atoms with van der Waals surface area (Å²) in [4.78, 5) is 43.1. The molecule has 1 aromatic heterocycles. The highest BCUT2D eigenvalue weighted by Gasteiger charge is 2.34. The smallest absolute Gasteiger partial charge is 0.346 e. The summed E-state index contributed by atoms with van der Waals surface area (Å²) in [5.41, 5.74) is 0.191. The lowest BCUT2D eigenvalue weighted by Gasteiger charge is -2.33. The first-order valence-corrected chi connectivity index (χ1v) is 7.87. The Morgan fingerprint density at radius 1 is 1.43 bits per heavy atom. The van der Waals surface area contributed by atoms with E-state index in [2.05, 4.69) is 9.97 Å². The molecule has 0 bridgehead atoms. The Morgan fingerprint density at radius 3 is 2.76 bits per heavy atom. The molecule has 21 heavy (non-hydrogen) atoms. The van der Waals surface area contributed by atoms with E-state index in [1.807, 2.05) is 0 Å². The first kappa shape index (κ1) is 15.6. The molecule has 1 fully saturated rings. The van der Waals surface area contributed by atoms with Crippen LogP contribution < -0.4 is 5.69 Å². The Morgan fingerprint density at radius 2 is 2.14 bits per heavy atom. The highest BCUT2D eigenvalue weighted by Crippen LogP contribution is 2.24.